The van der Waals surface area contributed by atoms with Crippen LogP contribution in [0.3, 0.4) is 0 Å². The summed E-state index contributed by atoms with van der Waals surface area (Å²) in [4.78, 5) is 39.1. The Morgan fingerprint density at radius 2 is 1.75 bits per heavy atom. The molecule has 150 valence electrons. The van der Waals surface area contributed by atoms with E-state index in [0.29, 0.717) is 22.4 Å². The van der Waals surface area contributed by atoms with Crippen molar-refractivity contribution in [2.24, 2.45) is 5.92 Å². The molecule has 0 radical (unpaired) electrons. The van der Waals surface area contributed by atoms with Crippen LogP contribution in [-0.2, 0) is 14.3 Å². The van der Waals surface area contributed by atoms with Crippen LogP contribution in [0, 0.1) is 5.92 Å². The predicted molar refractivity (Wildman–Crippen MR) is 110 cm³/mol. The topological polar surface area (TPSA) is 109 Å². The lowest BCUT2D eigenvalue weighted by Crippen LogP contribution is -2.21. The minimum atomic E-state index is -0.649. The number of nitrogens with one attached hydrogen (secondary N) is 3. The van der Waals surface area contributed by atoms with Gasteiger partial charge in [0.1, 0.15) is 0 Å². The van der Waals surface area contributed by atoms with E-state index >= 15 is 0 Å². The summed E-state index contributed by atoms with van der Waals surface area (Å²) in [6.07, 6.45) is 1.01. The largest absolute Gasteiger partial charge is 0.451 e. The van der Waals surface area contributed by atoms with Crippen molar-refractivity contribution < 1.29 is 19.1 Å². The van der Waals surface area contributed by atoms with Gasteiger partial charge in [-0.1, -0.05) is 13.8 Å². The minimum absolute atomic E-state index is 0.171. The summed E-state index contributed by atoms with van der Waals surface area (Å²) in [6.45, 7) is 6.04. The molecule has 0 aliphatic heterocycles. The van der Waals surface area contributed by atoms with Gasteiger partial charge >= 0.3 is 5.97 Å². The fraction of sp³-hybridized carbons (Fsp3) is 0.368. The van der Waals surface area contributed by atoms with Gasteiger partial charge in [0.2, 0.25) is 5.91 Å². The van der Waals surface area contributed by atoms with E-state index in [9.17, 15) is 14.4 Å². The summed E-state index contributed by atoms with van der Waals surface area (Å²) < 4.78 is 5.00. The number of thiazole rings is 1. The van der Waals surface area contributed by atoms with Crippen LogP contribution < -0.4 is 16.0 Å². The molecule has 2 aromatic rings. The molecule has 2 amide bonds. The highest BCUT2D eigenvalue weighted by atomic mass is 32.1. The summed E-state index contributed by atoms with van der Waals surface area (Å²) in [6, 6.07) is 6.60. The van der Waals surface area contributed by atoms with Crippen molar-refractivity contribution in [2.45, 2.75) is 27.2 Å². The second-order valence-corrected chi connectivity index (χ2v) is 7.39. The molecular formula is C19H24N4O4S. The molecule has 2 rings (SSSR count). The number of ether oxygens (including phenoxy) is 1. The number of amides is 2. The monoisotopic (exact) mass is 404 g/mol. The molecule has 0 saturated carbocycles. The van der Waals surface area contributed by atoms with Crippen molar-refractivity contribution in [1.82, 2.24) is 4.98 Å². The molecule has 0 atom stereocenters. The highest BCUT2D eigenvalue weighted by Crippen LogP contribution is 2.17. The van der Waals surface area contributed by atoms with Crippen molar-refractivity contribution in [2.75, 3.05) is 29.1 Å². The second-order valence-electron chi connectivity index (χ2n) is 6.53. The molecule has 0 spiro atoms. The molecule has 0 saturated heterocycles. The van der Waals surface area contributed by atoms with Crippen LogP contribution >= 0.6 is 11.3 Å². The fourth-order valence-corrected chi connectivity index (χ4v) is 2.87. The third-order valence-corrected chi connectivity index (χ3v) is 4.33. The molecule has 28 heavy (non-hydrogen) atoms. The van der Waals surface area contributed by atoms with Gasteiger partial charge in [-0.15, -0.1) is 11.3 Å². The Labute approximate surface area is 167 Å². The predicted octanol–water partition coefficient (Wildman–Crippen LogP) is 3.36. The lowest BCUT2D eigenvalue weighted by atomic mass is 10.1. The van der Waals surface area contributed by atoms with Crippen molar-refractivity contribution in [3.8, 4) is 0 Å². The number of hydrogen-bond acceptors (Lipinski definition) is 7. The molecule has 8 nitrogen and oxygen atoms in total. The molecule has 9 heteroatoms. The van der Waals surface area contributed by atoms with Crippen molar-refractivity contribution in [1.29, 1.82) is 0 Å². The van der Waals surface area contributed by atoms with E-state index in [0.717, 1.165) is 13.0 Å². The molecule has 1 heterocycles. The number of carbonyl (C=O) groups is 3. The SMILES string of the molecule is CC(=O)Nc1ccc(NC(=O)COC(=O)c2csc(NCCC(C)C)n2)cc1. The number of esters is 1. The van der Waals surface area contributed by atoms with Crippen LogP contribution in [0.1, 0.15) is 37.7 Å². The number of carbonyl (C=O) groups excluding carboxylic acids is 3. The van der Waals surface area contributed by atoms with Gasteiger partial charge in [0.15, 0.2) is 17.4 Å². The Hall–Kier alpha value is -2.94. The molecular weight excluding hydrogens is 380 g/mol. The number of anilines is 3. The summed E-state index contributed by atoms with van der Waals surface area (Å²) in [5.41, 5.74) is 1.32. The van der Waals surface area contributed by atoms with Gasteiger partial charge in [-0.25, -0.2) is 9.78 Å². The van der Waals surface area contributed by atoms with Crippen LogP contribution in [0.5, 0.6) is 0 Å². The summed E-state index contributed by atoms with van der Waals surface area (Å²) in [7, 11) is 0. The summed E-state index contributed by atoms with van der Waals surface area (Å²) >= 11 is 1.32. The first-order valence-corrected chi connectivity index (χ1v) is 9.75. The van der Waals surface area contributed by atoms with Crippen molar-refractivity contribution >= 4 is 45.6 Å². The van der Waals surface area contributed by atoms with Gasteiger partial charge in [0, 0.05) is 30.2 Å². The smallest absolute Gasteiger partial charge is 0.358 e. The maximum atomic E-state index is 12.0. The van der Waals surface area contributed by atoms with Gasteiger partial charge in [-0.05, 0) is 36.6 Å². The number of aromatic nitrogens is 1. The van der Waals surface area contributed by atoms with Crippen LogP contribution in [0.15, 0.2) is 29.6 Å². The van der Waals surface area contributed by atoms with E-state index in [1.807, 2.05) is 0 Å². The van der Waals surface area contributed by atoms with Gasteiger partial charge in [-0.3, -0.25) is 9.59 Å². The normalized spacial score (nSPS) is 10.4. The van der Waals surface area contributed by atoms with Crippen LogP contribution in [0.25, 0.3) is 0 Å². The second kappa shape index (κ2) is 10.4. The van der Waals surface area contributed by atoms with Crippen molar-refractivity contribution in [3.63, 3.8) is 0 Å². The number of rotatable bonds is 9. The zero-order chi connectivity index (χ0) is 20.5. The zero-order valence-electron chi connectivity index (χ0n) is 16.1. The summed E-state index contributed by atoms with van der Waals surface area (Å²) in [5, 5.41) is 10.6. The molecule has 3 N–H and O–H groups in total. The molecule has 1 aromatic carbocycles. The van der Waals surface area contributed by atoms with E-state index in [2.05, 4.69) is 34.8 Å². The Bertz CT molecular complexity index is 818. The average molecular weight is 404 g/mol. The molecule has 0 fully saturated rings. The van der Waals surface area contributed by atoms with Gasteiger partial charge in [-0.2, -0.15) is 0 Å². The number of nitrogens with zero attached hydrogens (tertiary/aromatic N) is 1. The number of benzene rings is 1. The van der Waals surface area contributed by atoms with E-state index in [4.69, 9.17) is 4.74 Å². The zero-order valence-corrected chi connectivity index (χ0v) is 16.9. The first-order chi connectivity index (χ1) is 13.3. The highest BCUT2D eigenvalue weighted by Gasteiger charge is 2.14. The van der Waals surface area contributed by atoms with E-state index < -0.39 is 18.5 Å². The molecule has 0 aliphatic rings. The van der Waals surface area contributed by atoms with E-state index in [1.165, 1.54) is 18.3 Å². The Morgan fingerprint density at radius 1 is 1.11 bits per heavy atom. The molecule has 1 aromatic heterocycles. The maximum Gasteiger partial charge on any atom is 0.358 e. The van der Waals surface area contributed by atoms with E-state index in [-0.39, 0.29) is 11.6 Å². The first-order valence-electron chi connectivity index (χ1n) is 8.87. The first kappa shape index (κ1) is 21.4. The van der Waals surface area contributed by atoms with E-state index in [1.54, 1.807) is 29.6 Å². The molecule has 0 aliphatic carbocycles. The van der Waals surface area contributed by atoms with Crippen molar-refractivity contribution in [3.05, 3.63) is 35.3 Å². The lowest BCUT2D eigenvalue weighted by molar-refractivity contribution is -0.119. The average Bonchev–Trinajstić information content (AvgIpc) is 3.09. The third kappa shape index (κ3) is 7.36. The standard InChI is InChI=1S/C19H24N4O4S/c1-12(2)8-9-20-19-23-16(11-28-19)18(26)27-10-17(25)22-15-6-4-14(5-7-15)21-13(3)24/h4-7,11-12H,8-10H2,1-3H3,(H,20,23)(H,21,24)(H,22,25). The van der Waals surface area contributed by atoms with Gasteiger partial charge in [0.25, 0.3) is 5.91 Å². The van der Waals surface area contributed by atoms with Gasteiger partial charge in [0.05, 0.1) is 0 Å². The number of hydrogen-bond donors (Lipinski definition) is 3. The minimum Gasteiger partial charge on any atom is -0.451 e. The van der Waals surface area contributed by atoms with Crippen LogP contribution in [-0.4, -0.2) is 35.9 Å². The van der Waals surface area contributed by atoms with Gasteiger partial charge < -0.3 is 20.7 Å². The third-order valence-electron chi connectivity index (χ3n) is 3.53. The fourth-order valence-electron chi connectivity index (χ4n) is 2.16. The highest BCUT2D eigenvalue weighted by molar-refractivity contribution is 7.13. The lowest BCUT2D eigenvalue weighted by Gasteiger charge is -2.07. The van der Waals surface area contributed by atoms with Crippen LogP contribution in [0.2, 0.25) is 0 Å². The Kier molecular flexibility index (Phi) is 7.94. The Morgan fingerprint density at radius 3 is 2.36 bits per heavy atom. The Balaban J connectivity index is 1.77. The summed E-state index contributed by atoms with van der Waals surface area (Å²) in [5.74, 6) is -0.712. The molecule has 0 unspecified atom stereocenters. The maximum absolute atomic E-state index is 12.0. The quantitative estimate of drug-likeness (QED) is 0.553. The van der Waals surface area contributed by atoms with Crippen LogP contribution in [0.4, 0.5) is 16.5 Å². The molecule has 0 bridgehead atoms.